The smallest absolute Gasteiger partial charge is 0.180 e. The maximum Gasteiger partial charge on any atom is 0.180 e. The van der Waals surface area contributed by atoms with Gasteiger partial charge in [0.15, 0.2) is 9.84 Å². The van der Waals surface area contributed by atoms with Crippen molar-refractivity contribution in [2.24, 2.45) is 0 Å². The molecule has 0 aliphatic carbocycles. The summed E-state index contributed by atoms with van der Waals surface area (Å²) in [6.07, 6.45) is 1.93. The highest BCUT2D eigenvalue weighted by molar-refractivity contribution is 7.91. The van der Waals surface area contributed by atoms with Crippen LogP contribution in [0.3, 0.4) is 0 Å². The molecule has 2 aromatic carbocycles. The van der Waals surface area contributed by atoms with Gasteiger partial charge in [-0.05, 0) is 36.7 Å². The predicted molar refractivity (Wildman–Crippen MR) is 101 cm³/mol. The summed E-state index contributed by atoms with van der Waals surface area (Å²) in [5.74, 6) is 0.121. The molecule has 0 bridgehead atoms. The molecule has 0 saturated carbocycles. The maximum absolute atomic E-state index is 12.7. The molecule has 1 aliphatic rings. The van der Waals surface area contributed by atoms with Gasteiger partial charge in [0.05, 0.1) is 10.6 Å². The molecule has 1 aliphatic heterocycles. The molecule has 0 spiro atoms. The number of hydrogen-bond acceptors (Lipinski definition) is 3. The van der Waals surface area contributed by atoms with Gasteiger partial charge in [-0.25, -0.2) is 8.42 Å². The highest BCUT2D eigenvalue weighted by atomic mass is 32.2. The molecular formula is C20H22N2O2S. The molecule has 1 aromatic heterocycles. The van der Waals surface area contributed by atoms with Crippen molar-refractivity contribution in [2.45, 2.75) is 24.3 Å². The zero-order chi connectivity index (χ0) is 17.3. The van der Waals surface area contributed by atoms with E-state index in [9.17, 15) is 8.42 Å². The third-order valence-electron chi connectivity index (χ3n) is 4.97. The van der Waals surface area contributed by atoms with E-state index >= 15 is 0 Å². The number of fused-ring (bicyclic) bond motifs is 3. The molecule has 1 N–H and O–H groups in total. The molecule has 5 heteroatoms. The molecule has 0 unspecified atom stereocenters. The van der Waals surface area contributed by atoms with Crippen LogP contribution in [0, 0.1) is 0 Å². The summed E-state index contributed by atoms with van der Waals surface area (Å²) < 4.78 is 27.6. The summed E-state index contributed by atoms with van der Waals surface area (Å²) in [6, 6.07) is 17.1. The van der Waals surface area contributed by atoms with Crippen LogP contribution in [-0.2, 0) is 29.2 Å². The quantitative estimate of drug-likeness (QED) is 0.784. The summed E-state index contributed by atoms with van der Waals surface area (Å²) in [5.41, 5.74) is 3.81. The van der Waals surface area contributed by atoms with Gasteiger partial charge in [0.1, 0.15) is 0 Å². The molecule has 3 aromatic rings. The summed E-state index contributed by atoms with van der Waals surface area (Å²) in [5, 5.41) is 4.70. The van der Waals surface area contributed by atoms with E-state index in [-0.39, 0.29) is 5.75 Å². The SMILES string of the molecule is O=S(=O)(CCn1c2c(c3ccccc31)CCNCC2)c1ccccc1. The average molecular weight is 354 g/mol. The minimum absolute atomic E-state index is 0.121. The van der Waals surface area contributed by atoms with E-state index < -0.39 is 9.84 Å². The number of benzene rings is 2. The van der Waals surface area contributed by atoms with Crippen molar-refractivity contribution in [2.75, 3.05) is 18.8 Å². The third-order valence-corrected chi connectivity index (χ3v) is 6.68. The number of sulfone groups is 1. The van der Waals surface area contributed by atoms with Crippen LogP contribution in [0.1, 0.15) is 11.3 Å². The van der Waals surface area contributed by atoms with E-state index in [4.69, 9.17) is 0 Å². The molecule has 0 atom stereocenters. The molecule has 4 nitrogen and oxygen atoms in total. The Balaban J connectivity index is 1.71. The van der Waals surface area contributed by atoms with E-state index in [0.29, 0.717) is 11.4 Å². The van der Waals surface area contributed by atoms with Gasteiger partial charge in [0.2, 0.25) is 0 Å². The zero-order valence-corrected chi connectivity index (χ0v) is 14.9. The van der Waals surface area contributed by atoms with Crippen LogP contribution in [0.2, 0.25) is 0 Å². The first kappa shape index (κ1) is 16.4. The van der Waals surface area contributed by atoms with Gasteiger partial charge in [-0.1, -0.05) is 36.4 Å². The van der Waals surface area contributed by atoms with Crippen LogP contribution in [0.4, 0.5) is 0 Å². The Morgan fingerprint density at radius 2 is 1.64 bits per heavy atom. The summed E-state index contributed by atoms with van der Waals surface area (Å²) in [6.45, 7) is 2.41. The number of nitrogens with one attached hydrogen (secondary N) is 1. The number of para-hydroxylation sites is 1. The number of nitrogens with zero attached hydrogens (tertiary/aromatic N) is 1. The Kier molecular flexibility index (Phi) is 4.36. The molecule has 25 heavy (non-hydrogen) atoms. The first-order chi connectivity index (χ1) is 12.2. The fraction of sp³-hybridized carbons (Fsp3) is 0.300. The Bertz CT molecular complexity index is 991. The van der Waals surface area contributed by atoms with Crippen LogP contribution < -0.4 is 5.32 Å². The molecule has 4 rings (SSSR count). The molecule has 0 saturated heterocycles. The van der Waals surface area contributed by atoms with Crippen LogP contribution in [-0.4, -0.2) is 31.8 Å². The monoisotopic (exact) mass is 354 g/mol. The Morgan fingerprint density at radius 1 is 0.920 bits per heavy atom. The van der Waals surface area contributed by atoms with Crippen LogP contribution >= 0.6 is 0 Å². The lowest BCUT2D eigenvalue weighted by Crippen LogP contribution is -2.18. The Labute approximate surface area is 148 Å². The summed E-state index contributed by atoms with van der Waals surface area (Å²) in [4.78, 5) is 0.402. The second-order valence-electron chi connectivity index (χ2n) is 6.48. The van der Waals surface area contributed by atoms with Gasteiger partial charge < -0.3 is 9.88 Å². The van der Waals surface area contributed by atoms with Crippen molar-refractivity contribution < 1.29 is 8.42 Å². The van der Waals surface area contributed by atoms with Crippen molar-refractivity contribution in [3.8, 4) is 0 Å². The van der Waals surface area contributed by atoms with Crippen LogP contribution in [0.5, 0.6) is 0 Å². The first-order valence-corrected chi connectivity index (χ1v) is 10.4. The number of hydrogen-bond donors (Lipinski definition) is 1. The van der Waals surface area contributed by atoms with Crippen molar-refractivity contribution in [1.82, 2.24) is 9.88 Å². The number of rotatable bonds is 4. The standard InChI is InChI=1S/C20H22N2O2S/c23-25(24,16-6-2-1-3-7-16)15-14-22-19-9-5-4-8-17(19)18-10-12-21-13-11-20(18)22/h1-9,21H,10-15H2. The molecule has 130 valence electrons. The fourth-order valence-corrected chi connectivity index (χ4v) is 4.98. The number of aryl methyl sites for hydroxylation is 1. The van der Waals surface area contributed by atoms with Crippen molar-refractivity contribution in [1.29, 1.82) is 0 Å². The minimum atomic E-state index is -3.28. The van der Waals surface area contributed by atoms with Gasteiger partial charge >= 0.3 is 0 Å². The van der Waals surface area contributed by atoms with Crippen LogP contribution in [0.25, 0.3) is 10.9 Å². The van der Waals surface area contributed by atoms with Gasteiger partial charge in [-0.2, -0.15) is 0 Å². The number of aromatic nitrogens is 1. The van der Waals surface area contributed by atoms with Gasteiger partial charge in [-0.15, -0.1) is 0 Å². The Hall–Kier alpha value is -2.11. The largest absolute Gasteiger partial charge is 0.343 e. The zero-order valence-electron chi connectivity index (χ0n) is 14.1. The summed E-state index contributed by atoms with van der Waals surface area (Å²) in [7, 11) is -3.28. The first-order valence-electron chi connectivity index (χ1n) is 8.74. The second kappa shape index (κ2) is 6.65. The van der Waals surface area contributed by atoms with E-state index in [2.05, 4.69) is 28.1 Å². The second-order valence-corrected chi connectivity index (χ2v) is 8.59. The van der Waals surface area contributed by atoms with Crippen molar-refractivity contribution >= 4 is 20.7 Å². The van der Waals surface area contributed by atoms with E-state index in [0.717, 1.165) is 31.4 Å². The maximum atomic E-state index is 12.7. The predicted octanol–water partition coefficient (Wildman–Crippen LogP) is 2.80. The van der Waals surface area contributed by atoms with Gasteiger partial charge in [0.25, 0.3) is 0 Å². The van der Waals surface area contributed by atoms with Crippen LogP contribution in [0.15, 0.2) is 59.5 Å². The fourth-order valence-electron chi connectivity index (χ4n) is 3.75. The summed E-state index contributed by atoms with van der Waals surface area (Å²) >= 11 is 0. The van der Waals surface area contributed by atoms with Crippen molar-refractivity contribution in [3.63, 3.8) is 0 Å². The molecule has 0 amide bonds. The van der Waals surface area contributed by atoms with Gasteiger partial charge in [0, 0.05) is 36.1 Å². The Morgan fingerprint density at radius 3 is 2.48 bits per heavy atom. The van der Waals surface area contributed by atoms with E-state index in [1.165, 1.54) is 16.6 Å². The lowest BCUT2D eigenvalue weighted by Gasteiger charge is -2.11. The van der Waals surface area contributed by atoms with Gasteiger partial charge in [-0.3, -0.25) is 0 Å². The topological polar surface area (TPSA) is 51.1 Å². The highest BCUT2D eigenvalue weighted by Gasteiger charge is 2.20. The molecule has 2 heterocycles. The highest BCUT2D eigenvalue weighted by Crippen LogP contribution is 2.28. The lowest BCUT2D eigenvalue weighted by molar-refractivity contribution is 0.588. The lowest BCUT2D eigenvalue weighted by atomic mass is 10.1. The normalized spacial score (nSPS) is 15.0. The average Bonchev–Trinajstić information content (AvgIpc) is 2.78. The van der Waals surface area contributed by atoms with E-state index in [1.54, 1.807) is 24.3 Å². The molecular weight excluding hydrogens is 332 g/mol. The molecule has 0 radical (unpaired) electrons. The molecule has 0 fully saturated rings. The third kappa shape index (κ3) is 3.10. The van der Waals surface area contributed by atoms with Crippen molar-refractivity contribution in [3.05, 3.63) is 65.9 Å². The van der Waals surface area contributed by atoms with E-state index in [1.807, 2.05) is 12.1 Å². The minimum Gasteiger partial charge on any atom is -0.343 e.